The van der Waals surface area contributed by atoms with Gasteiger partial charge in [0.2, 0.25) is 5.91 Å². The number of nitrogen functional groups attached to an aromatic ring is 1. The van der Waals surface area contributed by atoms with Crippen LogP contribution in [0.25, 0.3) is 0 Å². The first kappa shape index (κ1) is 24.5. The predicted molar refractivity (Wildman–Crippen MR) is 133 cm³/mol. The maximum atomic E-state index is 13.3. The molecule has 2 aromatic heterocycles. The number of nitrogens with zero attached hydrogens (tertiary/aromatic N) is 4. The number of likely N-dealkylation sites (tertiary alicyclic amines) is 1. The van der Waals surface area contributed by atoms with Crippen LogP contribution in [0.1, 0.15) is 39.0 Å². The van der Waals surface area contributed by atoms with Crippen LogP contribution in [0.2, 0.25) is 0 Å². The number of carbonyl (C=O) groups excluding carboxylic acids is 3. The molecule has 0 radical (unpaired) electrons. The van der Waals surface area contributed by atoms with Gasteiger partial charge in [0.1, 0.15) is 16.6 Å². The van der Waals surface area contributed by atoms with Crippen molar-refractivity contribution in [3.05, 3.63) is 63.5 Å². The minimum atomic E-state index is -0.626. The van der Waals surface area contributed by atoms with Crippen molar-refractivity contribution in [2.24, 2.45) is 5.73 Å². The zero-order chi connectivity index (χ0) is 25.3. The quantitative estimate of drug-likeness (QED) is 0.215. The second-order valence-corrected chi connectivity index (χ2v) is 9.89. The number of amides is 3. The number of benzene rings is 1. The third-order valence-electron chi connectivity index (χ3n) is 5.45. The zero-order valence-corrected chi connectivity index (χ0v) is 21.0. The minimum Gasteiger partial charge on any atom is -0.492 e. The van der Waals surface area contributed by atoms with Gasteiger partial charge in [0.15, 0.2) is 5.75 Å². The second kappa shape index (κ2) is 9.92. The third-order valence-corrected chi connectivity index (χ3v) is 7.42. The van der Waals surface area contributed by atoms with E-state index in [1.54, 1.807) is 43.7 Å². The fraction of sp³-hybridized carbons (Fsp3) is 0.261. The number of β-lactam (4-membered cyclic amide) rings is 1. The number of amidine groups is 1. The van der Waals surface area contributed by atoms with E-state index < -0.39 is 12.1 Å². The summed E-state index contributed by atoms with van der Waals surface area (Å²) in [5.74, 6) is 0.197. The number of methoxy groups -OCH3 is 1. The maximum Gasteiger partial charge on any atom is 0.326 e. The topological polar surface area (TPSA) is 135 Å². The number of urea groups is 1. The number of thioether (sulfide) groups is 1. The molecule has 1 unspecified atom stereocenters. The van der Waals surface area contributed by atoms with Gasteiger partial charge in [-0.25, -0.2) is 4.79 Å². The maximum absolute atomic E-state index is 13.3. The molecule has 1 aliphatic heterocycles. The number of thiophene rings is 1. The normalized spacial score (nSPS) is 15.0. The molecule has 0 bridgehead atoms. The summed E-state index contributed by atoms with van der Waals surface area (Å²) < 4.78 is 6.97. The molecule has 3 aromatic rings. The Morgan fingerprint density at radius 1 is 1.29 bits per heavy atom. The monoisotopic (exact) mass is 512 g/mol. The minimum absolute atomic E-state index is 0.0120. The van der Waals surface area contributed by atoms with E-state index in [0.717, 1.165) is 10.5 Å². The van der Waals surface area contributed by atoms with Gasteiger partial charge in [-0.05, 0) is 17.0 Å². The number of nitrogens with one attached hydrogen (secondary N) is 1. The average molecular weight is 513 g/mol. The number of imide groups is 1. The van der Waals surface area contributed by atoms with Gasteiger partial charge in [-0.2, -0.15) is 9.78 Å². The number of rotatable bonds is 7. The summed E-state index contributed by atoms with van der Waals surface area (Å²) in [7, 11) is 4.62. The highest BCUT2D eigenvalue weighted by atomic mass is 32.2. The Morgan fingerprint density at radius 3 is 2.54 bits per heavy atom. The van der Waals surface area contributed by atoms with Crippen molar-refractivity contribution >= 4 is 46.8 Å². The molecule has 35 heavy (non-hydrogen) atoms. The molecule has 4 rings (SSSR count). The molecule has 3 amide bonds. The predicted octanol–water partition coefficient (Wildman–Crippen LogP) is 3.17. The van der Waals surface area contributed by atoms with Crippen LogP contribution in [-0.2, 0) is 10.5 Å². The molecule has 0 saturated carbocycles. The summed E-state index contributed by atoms with van der Waals surface area (Å²) in [4.78, 5) is 41.1. The first-order valence-electron chi connectivity index (χ1n) is 10.6. The van der Waals surface area contributed by atoms with Crippen molar-refractivity contribution in [2.45, 2.75) is 23.2 Å². The van der Waals surface area contributed by atoms with Crippen LogP contribution >= 0.6 is 23.1 Å². The van der Waals surface area contributed by atoms with Crippen molar-refractivity contribution in [1.82, 2.24) is 19.6 Å². The molecule has 1 saturated heterocycles. The number of nitrogens with two attached hydrogens (primary N) is 1. The van der Waals surface area contributed by atoms with E-state index >= 15 is 0 Å². The summed E-state index contributed by atoms with van der Waals surface area (Å²) >= 11 is 2.65. The van der Waals surface area contributed by atoms with Crippen LogP contribution in [0, 0.1) is 5.41 Å². The smallest absolute Gasteiger partial charge is 0.326 e. The molecule has 182 valence electrons. The summed E-state index contributed by atoms with van der Waals surface area (Å²) in [6, 6.07) is 9.67. The summed E-state index contributed by atoms with van der Waals surface area (Å²) in [5, 5.41) is 14.4. The van der Waals surface area contributed by atoms with Gasteiger partial charge in [0, 0.05) is 25.4 Å². The van der Waals surface area contributed by atoms with Crippen molar-refractivity contribution in [3.63, 3.8) is 0 Å². The lowest BCUT2D eigenvalue weighted by molar-refractivity contribution is -0.141. The van der Waals surface area contributed by atoms with Gasteiger partial charge < -0.3 is 15.4 Å². The van der Waals surface area contributed by atoms with E-state index in [2.05, 4.69) is 5.10 Å². The SMILES string of the molecule is COc1c(C2CC(=O)N2C(=O)N(C)C)nn(C(=O)c2cccs2)c1SCc1ccc(C(=N)N)cc1. The largest absolute Gasteiger partial charge is 0.492 e. The molecular formula is C23H24N6O4S2. The lowest BCUT2D eigenvalue weighted by Crippen LogP contribution is -2.53. The number of aromatic nitrogens is 2. The van der Waals surface area contributed by atoms with Crippen LogP contribution in [0.15, 0.2) is 46.8 Å². The second-order valence-electron chi connectivity index (χ2n) is 7.98. The zero-order valence-electron chi connectivity index (χ0n) is 19.3. The van der Waals surface area contributed by atoms with Crippen LogP contribution in [-0.4, -0.2) is 64.5 Å². The van der Waals surface area contributed by atoms with Gasteiger partial charge in [-0.3, -0.25) is 19.9 Å². The highest BCUT2D eigenvalue weighted by Gasteiger charge is 2.46. The molecule has 12 heteroatoms. The number of hydrogen-bond donors (Lipinski definition) is 2. The van der Waals surface area contributed by atoms with Crippen molar-refractivity contribution in [2.75, 3.05) is 21.2 Å². The van der Waals surface area contributed by atoms with Gasteiger partial charge in [-0.1, -0.05) is 42.1 Å². The van der Waals surface area contributed by atoms with Gasteiger partial charge >= 0.3 is 6.03 Å². The molecule has 10 nitrogen and oxygen atoms in total. The van der Waals surface area contributed by atoms with E-state index in [9.17, 15) is 14.4 Å². The standard InChI is InChI=1S/C23H24N6O4S2/c1-27(2)23(32)28-15(11-17(28)30)18-19(33-3)22(29(26-18)21(31)16-5-4-10-34-16)35-12-13-6-8-14(9-7-13)20(24)25/h4-10,15H,11-12H2,1-3H3,(H3,24,25). The molecule has 1 aromatic carbocycles. The number of ether oxygens (including phenoxy) is 1. The Labute approximate surface area is 210 Å². The molecule has 0 spiro atoms. The Balaban J connectivity index is 1.71. The van der Waals surface area contributed by atoms with Crippen LogP contribution in [0.3, 0.4) is 0 Å². The molecular weight excluding hydrogens is 488 g/mol. The molecule has 3 heterocycles. The van der Waals surface area contributed by atoms with E-state index in [1.165, 1.54) is 39.8 Å². The van der Waals surface area contributed by atoms with Crippen molar-refractivity contribution in [3.8, 4) is 5.75 Å². The number of hydrogen-bond acceptors (Lipinski definition) is 8. The lowest BCUT2D eigenvalue weighted by Gasteiger charge is -2.39. The molecule has 1 fully saturated rings. The Morgan fingerprint density at radius 2 is 2.00 bits per heavy atom. The summed E-state index contributed by atoms with van der Waals surface area (Å²) in [6.45, 7) is 0. The fourth-order valence-corrected chi connectivity index (χ4v) is 5.32. The summed E-state index contributed by atoms with van der Waals surface area (Å²) in [6.07, 6.45) is 0.0940. The van der Waals surface area contributed by atoms with Gasteiger partial charge in [0.25, 0.3) is 5.91 Å². The first-order chi connectivity index (χ1) is 16.7. The summed E-state index contributed by atoms with van der Waals surface area (Å²) in [5.41, 5.74) is 7.47. The highest BCUT2D eigenvalue weighted by Crippen LogP contribution is 2.44. The third kappa shape index (κ3) is 4.66. The van der Waals surface area contributed by atoms with E-state index in [-0.39, 0.29) is 24.1 Å². The van der Waals surface area contributed by atoms with Crippen molar-refractivity contribution in [1.29, 1.82) is 5.41 Å². The number of carbonyl (C=O) groups is 3. The Kier molecular flexibility index (Phi) is 6.94. The molecule has 0 aliphatic carbocycles. The van der Waals surface area contributed by atoms with Gasteiger partial charge in [0.05, 0.1) is 24.4 Å². The van der Waals surface area contributed by atoms with Gasteiger partial charge in [-0.15, -0.1) is 11.3 Å². The molecule has 1 atom stereocenters. The van der Waals surface area contributed by atoms with E-state index in [0.29, 0.717) is 32.7 Å². The highest BCUT2D eigenvalue weighted by molar-refractivity contribution is 7.98. The lowest BCUT2D eigenvalue weighted by atomic mass is 9.99. The fourth-order valence-electron chi connectivity index (χ4n) is 3.61. The van der Waals surface area contributed by atoms with Crippen LogP contribution in [0.5, 0.6) is 5.75 Å². The molecule has 1 aliphatic rings. The first-order valence-corrected chi connectivity index (χ1v) is 12.4. The Bertz CT molecular complexity index is 1280. The van der Waals surface area contributed by atoms with Crippen LogP contribution in [0.4, 0.5) is 4.79 Å². The Hall–Kier alpha value is -3.64. The van der Waals surface area contributed by atoms with Crippen LogP contribution < -0.4 is 10.5 Å². The van der Waals surface area contributed by atoms with Crippen molar-refractivity contribution < 1.29 is 19.1 Å². The average Bonchev–Trinajstić information content (AvgIpc) is 3.49. The van der Waals surface area contributed by atoms with E-state index in [4.69, 9.17) is 15.9 Å². The molecule has 3 N–H and O–H groups in total. The van der Waals surface area contributed by atoms with E-state index in [1.807, 2.05) is 12.1 Å².